The molecule has 0 spiro atoms. The van der Waals surface area contributed by atoms with Crippen molar-refractivity contribution in [3.8, 4) is 5.75 Å². The van der Waals surface area contributed by atoms with E-state index in [1.807, 2.05) is 18.5 Å². The van der Waals surface area contributed by atoms with E-state index in [9.17, 15) is 0 Å². The summed E-state index contributed by atoms with van der Waals surface area (Å²) in [6, 6.07) is 8.33. The zero-order chi connectivity index (χ0) is 14.5. The summed E-state index contributed by atoms with van der Waals surface area (Å²) in [5.41, 5.74) is 2.48. The normalized spacial score (nSPS) is 16.7. The van der Waals surface area contributed by atoms with E-state index < -0.39 is 0 Å². The third-order valence-electron chi connectivity index (χ3n) is 3.90. The van der Waals surface area contributed by atoms with Gasteiger partial charge in [-0.25, -0.2) is 4.98 Å². The third-order valence-corrected chi connectivity index (χ3v) is 3.90. The van der Waals surface area contributed by atoms with Crippen LogP contribution in [0.2, 0.25) is 0 Å². The second-order valence-corrected chi connectivity index (χ2v) is 5.61. The molecule has 1 unspecified atom stereocenters. The molecule has 1 aromatic carbocycles. The van der Waals surface area contributed by atoms with Crippen molar-refractivity contribution in [2.24, 2.45) is 0 Å². The van der Waals surface area contributed by atoms with Crippen LogP contribution in [-0.4, -0.2) is 29.2 Å². The Morgan fingerprint density at radius 2 is 2.24 bits per heavy atom. The highest BCUT2D eigenvalue weighted by molar-refractivity contribution is 5.39. The van der Waals surface area contributed by atoms with Crippen molar-refractivity contribution < 1.29 is 4.74 Å². The van der Waals surface area contributed by atoms with E-state index in [-0.39, 0.29) is 0 Å². The number of nitrogens with one attached hydrogen (secondary N) is 1. The summed E-state index contributed by atoms with van der Waals surface area (Å²) >= 11 is 0. The molecule has 21 heavy (non-hydrogen) atoms. The summed E-state index contributed by atoms with van der Waals surface area (Å²) < 4.78 is 7.92. The van der Waals surface area contributed by atoms with Gasteiger partial charge in [0.25, 0.3) is 0 Å². The van der Waals surface area contributed by atoms with E-state index in [1.165, 1.54) is 12.0 Å². The summed E-state index contributed by atoms with van der Waals surface area (Å²) in [5.74, 6) is 1.47. The van der Waals surface area contributed by atoms with E-state index in [2.05, 4.69) is 40.1 Å². The molecule has 4 heteroatoms. The summed E-state index contributed by atoms with van der Waals surface area (Å²) in [6.07, 6.45) is 6.27. The Labute approximate surface area is 126 Å². The van der Waals surface area contributed by atoms with Gasteiger partial charge >= 0.3 is 0 Å². The molecule has 0 saturated carbocycles. The van der Waals surface area contributed by atoms with Crippen molar-refractivity contribution in [1.82, 2.24) is 14.9 Å². The Hall–Kier alpha value is -1.81. The van der Waals surface area contributed by atoms with Gasteiger partial charge in [0.05, 0.1) is 18.6 Å². The molecule has 2 aromatic rings. The zero-order valence-corrected chi connectivity index (χ0v) is 12.6. The van der Waals surface area contributed by atoms with E-state index in [4.69, 9.17) is 4.74 Å². The number of rotatable bonds is 7. The third kappa shape index (κ3) is 3.45. The van der Waals surface area contributed by atoms with Crippen LogP contribution in [-0.2, 0) is 13.0 Å². The number of aromatic nitrogens is 2. The predicted octanol–water partition coefficient (Wildman–Crippen LogP) is 2.60. The number of nitrogens with zero attached hydrogens (tertiary/aromatic N) is 2. The maximum atomic E-state index is 5.74. The van der Waals surface area contributed by atoms with Crippen LogP contribution in [0.15, 0.2) is 36.8 Å². The minimum absolute atomic E-state index is 0.432. The van der Waals surface area contributed by atoms with E-state index in [0.717, 1.165) is 44.1 Å². The minimum atomic E-state index is 0.432. The molecule has 0 radical (unpaired) electrons. The summed E-state index contributed by atoms with van der Waals surface area (Å²) in [6.45, 7) is 5.97. The topological polar surface area (TPSA) is 39.1 Å². The van der Waals surface area contributed by atoms with Crippen molar-refractivity contribution in [1.29, 1.82) is 0 Å². The average Bonchev–Trinajstić information content (AvgIpc) is 3.12. The molecular weight excluding hydrogens is 262 g/mol. The molecule has 4 nitrogen and oxygen atoms in total. The first kappa shape index (κ1) is 14.1. The molecule has 0 bridgehead atoms. The number of para-hydroxylation sites is 1. The fourth-order valence-corrected chi connectivity index (χ4v) is 2.79. The molecule has 1 aromatic heterocycles. The second-order valence-electron chi connectivity index (χ2n) is 5.61. The van der Waals surface area contributed by atoms with Crippen LogP contribution >= 0.6 is 0 Å². The molecule has 1 atom stereocenters. The Morgan fingerprint density at radius 1 is 1.33 bits per heavy atom. The molecule has 1 aliphatic heterocycles. The molecule has 0 amide bonds. The highest BCUT2D eigenvalue weighted by Crippen LogP contribution is 2.34. The van der Waals surface area contributed by atoms with Gasteiger partial charge in [0.1, 0.15) is 5.75 Å². The standard InChI is InChI=1S/C17H23N3O/c1-2-8-18-9-7-15-11-20(13-19-15)10-14-12-21-17-6-4-3-5-16(14)17/h3-6,11,13-14,18H,2,7-10,12H2,1H3. The summed E-state index contributed by atoms with van der Waals surface area (Å²) in [5, 5.41) is 3.41. The van der Waals surface area contributed by atoms with E-state index >= 15 is 0 Å². The first-order valence-corrected chi connectivity index (χ1v) is 7.80. The lowest BCUT2D eigenvalue weighted by Gasteiger charge is -2.09. The Bertz CT molecular complexity index is 579. The molecule has 0 saturated heterocycles. The average molecular weight is 285 g/mol. The van der Waals surface area contributed by atoms with Gasteiger partial charge in [-0.05, 0) is 19.0 Å². The van der Waals surface area contributed by atoms with Crippen molar-refractivity contribution in [2.75, 3.05) is 19.7 Å². The number of fused-ring (bicyclic) bond motifs is 1. The fourth-order valence-electron chi connectivity index (χ4n) is 2.79. The maximum Gasteiger partial charge on any atom is 0.122 e. The molecule has 1 aliphatic rings. The number of benzene rings is 1. The number of hydrogen-bond donors (Lipinski definition) is 1. The van der Waals surface area contributed by atoms with Crippen LogP contribution in [0.3, 0.4) is 0 Å². The summed E-state index contributed by atoms with van der Waals surface area (Å²) in [7, 11) is 0. The quantitative estimate of drug-likeness (QED) is 0.795. The highest BCUT2D eigenvalue weighted by Gasteiger charge is 2.23. The largest absolute Gasteiger partial charge is 0.493 e. The molecule has 0 aliphatic carbocycles. The van der Waals surface area contributed by atoms with Crippen molar-refractivity contribution in [2.45, 2.75) is 32.2 Å². The summed E-state index contributed by atoms with van der Waals surface area (Å²) in [4.78, 5) is 4.49. The van der Waals surface area contributed by atoms with Crippen molar-refractivity contribution in [3.63, 3.8) is 0 Å². The van der Waals surface area contributed by atoms with Gasteiger partial charge in [0.2, 0.25) is 0 Å². The Balaban J connectivity index is 1.56. The lowest BCUT2D eigenvalue weighted by atomic mass is 10.0. The molecule has 112 valence electrons. The van der Waals surface area contributed by atoms with Crippen LogP contribution in [0.25, 0.3) is 0 Å². The van der Waals surface area contributed by atoms with Gasteiger partial charge in [0.15, 0.2) is 0 Å². The first-order chi connectivity index (χ1) is 10.4. The van der Waals surface area contributed by atoms with Gasteiger partial charge in [-0.1, -0.05) is 25.1 Å². The van der Waals surface area contributed by atoms with Crippen LogP contribution in [0, 0.1) is 0 Å². The fraction of sp³-hybridized carbons (Fsp3) is 0.471. The van der Waals surface area contributed by atoms with Crippen LogP contribution in [0.4, 0.5) is 0 Å². The zero-order valence-electron chi connectivity index (χ0n) is 12.6. The van der Waals surface area contributed by atoms with Gasteiger partial charge in [0, 0.05) is 37.2 Å². The van der Waals surface area contributed by atoms with E-state index in [1.54, 1.807) is 0 Å². The maximum absolute atomic E-state index is 5.74. The number of imidazole rings is 1. The smallest absolute Gasteiger partial charge is 0.122 e. The van der Waals surface area contributed by atoms with Crippen LogP contribution in [0.5, 0.6) is 5.75 Å². The minimum Gasteiger partial charge on any atom is -0.493 e. The predicted molar refractivity (Wildman–Crippen MR) is 83.8 cm³/mol. The van der Waals surface area contributed by atoms with Crippen LogP contribution < -0.4 is 10.1 Å². The SMILES string of the molecule is CCCNCCc1cn(CC2COc3ccccc32)cn1. The van der Waals surface area contributed by atoms with E-state index in [0.29, 0.717) is 5.92 Å². The molecule has 1 N–H and O–H groups in total. The van der Waals surface area contributed by atoms with Gasteiger partial charge in [-0.2, -0.15) is 0 Å². The van der Waals surface area contributed by atoms with Gasteiger partial charge < -0.3 is 14.6 Å². The Morgan fingerprint density at radius 3 is 3.14 bits per heavy atom. The van der Waals surface area contributed by atoms with Crippen LogP contribution in [0.1, 0.15) is 30.5 Å². The second kappa shape index (κ2) is 6.76. The molecular formula is C17H23N3O. The molecule has 3 rings (SSSR count). The van der Waals surface area contributed by atoms with Gasteiger partial charge in [-0.15, -0.1) is 0 Å². The van der Waals surface area contributed by atoms with Crippen molar-refractivity contribution >= 4 is 0 Å². The molecule has 2 heterocycles. The highest BCUT2D eigenvalue weighted by atomic mass is 16.5. The number of hydrogen-bond acceptors (Lipinski definition) is 3. The van der Waals surface area contributed by atoms with Crippen molar-refractivity contribution in [3.05, 3.63) is 48.0 Å². The lowest BCUT2D eigenvalue weighted by molar-refractivity contribution is 0.319. The van der Waals surface area contributed by atoms with Gasteiger partial charge in [-0.3, -0.25) is 0 Å². The number of ether oxygens (including phenoxy) is 1. The Kier molecular flexibility index (Phi) is 4.55. The monoisotopic (exact) mass is 285 g/mol. The molecule has 0 fully saturated rings. The lowest BCUT2D eigenvalue weighted by Crippen LogP contribution is -2.17. The first-order valence-electron chi connectivity index (χ1n) is 7.80.